The van der Waals surface area contributed by atoms with Gasteiger partial charge in [-0.1, -0.05) is 0 Å². The van der Waals surface area contributed by atoms with Crippen LogP contribution in [0.4, 0.5) is 9.80 Å². The summed E-state index contributed by atoms with van der Waals surface area (Å²) < 4.78 is 12.6. The number of carbonyl (C=O) groups excluding carboxylic acids is 2. The first-order valence-corrected chi connectivity index (χ1v) is 11.4. The van der Waals surface area contributed by atoms with Crippen molar-refractivity contribution >= 4 is 34.4 Å². The molecule has 0 fully saturated rings. The Bertz CT molecular complexity index is 1200. The number of hydrogen-bond acceptors (Lipinski definition) is 7. The lowest BCUT2D eigenvalue weighted by Gasteiger charge is -2.22. The molecule has 3 aromatic heterocycles. The van der Waals surface area contributed by atoms with Crippen molar-refractivity contribution in [3.8, 4) is 6.07 Å². The average Bonchev–Trinajstić information content (AvgIpc) is 3.55. The van der Waals surface area contributed by atoms with Gasteiger partial charge in [-0.2, -0.15) is 10.4 Å². The quantitative estimate of drug-likeness (QED) is 0.511. The van der Waals surface area contributed by atoms with E-state index in [2.05, 4.69) is 21.8 Å². The molecular formula is C23H23N5O4S. The van der Waals surface area contributed by atoms with Gasteiger partial charge in [0.2, 0.25) is 5.91 Å². The number of amides is 2. The highest BCUT2D eigenvalue weighted by Crippen LogP contribution is 2.38. The van der Waals surface area contributed by atoms with Crippen molar-refractivity contribution in [2.45, 2.75) is 45.4 Å². The lowest BCUT2D eigenvalue weighted by molar-refractivity contribution is -0.111. The maximum absolute atomic E-state index is 12.3. The van der Waals surface area contributed by atoms with Gasteiger partial charge >= 0.3 is 6.09 Å². The molecule has 3 heterocycles. The number of thiophene rings is 1. The first kappa shape index (κ1) is 22.4. The monoisotopic (exact) mass is 465 g/mol. The van der Waals surface area contributed by atoms with E-state index in [4.69, 9.17) is 9.15 Å². The maximum Gasteiger partial charge on any atom is 0.407 e. The van der Waals surface area contributed by atoms with Crippen LogP contribution in [-0.4, -0.2) is 27.9 Å². The lowest BCUT2D eigenvalue weighted by Crippen LogP contribution is -2.32. The molecule has 0 saturated heterocycles. The van der Waals surface area contributed by atoms with E-state index in [1.54, 1.807) is 24.4 Å². The molecule has 33 heavy (non-hydrogen) atoms. The highest BCUT2D eigenvalue weighted by Gasteiger charge is 2.28. The van der Waals surface area contributed by atoms with Gasteiger partial charge in [0.05, 0.1) is 24.1 Å². The summed E-state index contributed by atoms with van der Waals surface area (Å²) in [7, 11) is 0. The van der Waals surface area contributed by atoms with Crippen LogP contribution in [0.1, 0.15) is 40.8 Å². The Hall–Kier alpha value is -3.84. The van der Waals surface area contributed by atoms with Gasteiger partial charge in [0.25, 0.3) is 0 Å². The van der Waals surface area contributed by atoms with E-state index in [9.17, 15) is 14.9 Å². The molecule has 3 aromatic rings. The molecule has 170 valence electrons. The van der Waals surface area contributed by atoms with Crippen molar-refractivity contribution in [1.29, 1.82) is 5.26 Å². The number of nitriles is 1. The van der Waals surface area contributed by atoms with Gasteiger partial charge in [0.1, 0.15) is 22.9 Å². The van der Waals surface area contributed by atoms with Crippen LogP contribution in [0.3, 0.4) is 0 Å². The zero-order chi connectivity index (χ0) is 23.2. The summed E-state index contributed by atoms with van der Waals surface area (Å²) in [6, 6.07) is 7.53. The number of hydrogen-bond donors (Lipinski definition) is 2. The van der Waals surface area contributed by atoms with Gasteiger partial charge in [-0.3, -0.25) is 9.48 Å². The van der Waals surface area contributed by atoms with Crippen LogP contribution in [0.25, 0.3) is 6.08 Å². The molecule has 0 radical (unpaired) electrons. The van der Waals surface area contributed by atoms with Crippen LogP contribution >= 0.6 is 11.3 Å². The van der Waals surface area contributed by atoms with Gasteiger partial charge in [0.15, 0.2) is 0 Å². The van der Waals surface area contributed by atoms with Crippen molar-refractivity contribution in [2.75, 3.05) is 5.32 Å². The largest absolute Gasteiger partial charge is 0.465 e. The predicted molar refractivity (Wildman–Crippen MR) is 122 cm³/mol. The molecule has 1 aliphatic carbocycles. The molecule has 9 nitrogen and oxygen atoms in total. The number of ether oxygens (including phenoxy) is 1. The van der Waals surface area contributed by atoms with Gasteiger partial charge in [-0.25, -0.2) is 4.79 Å². The summed E-state index contributed by atoms with van der Waals surface area (Å²) in [5.41, 5.74) is 2.30. The van der Waals surface area contributed by atoms with Crippen molar-refractivity contribution in [2.24, 2.45) is 0 Å². The standard InChI is InChI=1S/C23H23N5O4S/c1-2-28-15(9-10-26-28)14-25-23(30)32-17-5-7-18-19(13-24)22(33-20(18)12-17)27-21(29)8-6-16-4-3-11-31-16/h3-4,6,8-11,17H,2,5,7,12,14H2,1H3,(H,25,30)(H,27,29)/b8-6+. The van der Waals surface area contributed by atoms with E-state index >= 15 is 0 Å². The minimum Gasteiger partial charge on any atom is -0.465 e. The number of alkyl carbamates (subject to hydrolysis) is 1. The van der Waals surface area contributed by atoms with Crippen LogP contribution in [-0.2, 0) is 35.5 Å². The molecule has 2 N–H and O–H groups in total. The Kier molecular flexibility index (Phi) is 6.90. The Morgan fingerprint density at radius 3 is 3.09 bits per heavy atom. The van der Waals surface area contributed by atoms with Crippen LogP contribution < -0.4 is 10.6 Å². The van der Waals surface area contributed by atoms with Gasteiger partial charge < -0.3 is 19.8 Å². The van der Waals surface area contributed by atoms with Gasteiger partial charge in [-0.05, 0) is 49.6 Å². The number of carbonyl (C=O) groups is 2. The van der Waals surface area contributed by atoms with E-state index in [-0.39, 0.29) is 12.0 Å². The van der Waals surface area contributed by atoms with Gasteiger partial charge in [0, 0.05) is 30.1 Å². The Morgan fingerprint density at radius 2 is 2.33 bits per heavy atom. The van der Waals surface area contributed by atoms with Crippen LogP contribution in [0.5, 0.6) is 0 Å². The maximum atomic E-state index is 12.3. The van der Waals surface area contributed by atoms with Crippen molar-refractivity contribution in [3.05, 3.63) is 64.2 Å². The van der Waals surface area contributed by atoms with E-state index in [0.29, 0.717) is 42.1 Å². The zero-order valence-corrected chi connectivity index (χ0v) is 18.9. The van der Waals surface area contributed by atoms with Crippen molar-refractivity contribution < 1.29 is 18.7 Å². The number of nitrogens with zero attached hydrogens (tertiary/aromatic N) is 3. The first-order chi connectivity index (χ1) is 16.1. The lowest BCUT2D eigenvalue weighted by atomic mass is 9.94. The Balaban J connectivity index is 1.35. The highest BCUT2D eigenvalue weighted by atomic mass is 32.1. The minimum atomic E-state index is -0.485. The zero-order valence-electron chi connectivity index (χ0n) is 18.0. The second-order valence-electron chi connectivity index (χ2n) is 7.42. The summed E-state index contributed by atoms with van der Waals surface area (Å²) >= 11 is 1.35. The fourth-order valence-electron chi connectivity index (χ4n) is 3.71. The van der Waals surface area contributed by atoms with E-state index in [1.807, 2.05) is 17.7 Å². The topological polar surface area (TPSA) is 122 Å². The Labute approximate surface area is 194 Å². The number of aryl methyl sites for hydroxylation is 1. The molecular weight excluding hydrogens is 442 g/mol. The van der Waals surface area contributed by atoms with E-state index in [0.717, 1.165) is 22.7 Å². The molecule has 0 bridgehead atoms. The fraction of sp³-hybridized carbons (Fsp3) is 0.304. The third-order valence-electron chi connectivity index (χ3n) is 5.30. The number of aromatic nitrogens is 2. The SMILES string of the molecule is CCn1nccc1CNC(=O)OC1CCc2c(sc(NC(=O)/C=C/c3ccco3)c2C#N)C1. The van der Waals surface area contributed by atoms with E-state index < -0.39 is 6.09 Å². The number of furan rings is 1. The molecule has 1 unspecified atom stereocenters. The molecule has 0 aromatic carbocycles. The average molecular weight is 466 g/mol. The second-order valence-corrected chi connectivity index (χ2v) is 8.52. The predicted octanol–water partition coefficient (Wildman–Crippen LogP) is 3.86. The van der Waals surface area contributed by atoms with Crippen LogP contribution in [0.2, 0.25) is 0 Å². The third-order valence-corrected chi connectivity index (χ3v) is 6.47. The van der Waals surface area contributed by atoms with Crippen LogP contribution in [0, 0.1) is 11.3 Å². The van der Waals surface area contributed by atoms with Gasteiger partial charge in [-0.15, -0.1) is 11.3 Å². The van der Waals surface area contributed by atoms with E-state index in [1.165, 1.54) is 23.7 Å². The summed E-state index contributed by atoms with van der Waals surface area (Å²) in [6.07, 6.45) is 7.09. The molecule has 10 heteroatoms. The fourth-order valence-corrected chi connectivity index (χ4v) is 4.98. The summed E-state index contributed by atoms with van der Waals surface area (Å²) in [4.78, 5) is 25.5. The molecule has 0 aliphatic heterocycles. The summed E-state index contributed by atoms with van der Waals surface area (Å²) in [5.74, 6) is 0.216. The number of rotatable bonds is 7. The highest BCUT2D eigenvalue weighted by molar-refractivity contribution is 7.16. The molecule has 0 spiro atoms. The summed E-state index contributed by atoms with van der Waals surface area (Å²) in [6.45, 7) is 3.04. The van der Waals surface area contributed by atoms with Crippen molar-refractivity contribution in [1.82, 2.24) is 15.1 Å². The summed E-state index contributed by atoms with van der Waals surface area (Å²) in [5, 5.41) is 19.9. The molecule has 1 aliphatic rings. The molecule has 4 rings (SSSR count). The molecule has 1 atom stereocenters. The third kappa shape index (κ3) is 5.32. The number of anilines is 1. The smallest absolute Gasteiger partial charge is 0.407 e. The number of nitrogens with one attached hydrogen (secondary N) is 2. The Morgan fingerprint density at radius 1 is 1.45 bits per heavy atom. The van der Waals surface area contributed by atoms with Crippen molar-refractivity contribution in [3.63, 3.8) is 0 Å². The number of fused-ring (bicyclic) bond motifs is 1. The normalized spacial score (nSPS) is 15.1. The first-order valence-electron chi connectivity index (χ1n) is 10.6. The molecule has 0 saturated carbocycles. The van der Waals surface area contributed by atoms with Crippen LogP contribution in [0.15, 0.2) is 41.2 Å². The minimum absolute atomic E-state index is 0.291. The second kappa shape index (κ2) is 10.2. The molecule has 2 amide bonds.